The van der Waals surface area contributed by atoms with Gasteiger partial charge in [-0.15, -0.1) is 33.2 Å². The van der Waals surface area contributed by atoms with Crippen molar-refractivity contribution in [3.05, 3.63) is 0 Å². The van der Waals surface area contributed by atoms with E-state index in [1.165, 1.54) is 70.6 Å². The first-order chi connectivity index (χ1) is 9.06. The van der Waals surface area contributed by atoms with Gasteiger partial charge in [-0.2, -0.15) is 12.6 Å². The lowest BCUT2D eigenvalue weighted by Crippen LogP contribution is -2.07. The maximum atomic E-state index is 5.84. The summed E-state index contributed by atoms with van der Waals surface area (Å²) in [6.07, 6.45) is 16.0. The van der Waals surface area contributed by atoms with Gasteiger partial charge in [-0.05, 0) is 18.2 Å². The van der Waals surface area contributed by atoms with Gasteiger partial charge >= 0.3 is 6.00 Å². The molecular weight excluding hydrogens is 335 g/mol. The van der Waals surface area contributed by atoms with Gasteiger partial charge in [0.05, 0.1) is 0 Å². The smallest absolute Gasteiger partial charge is 0.179 e. The van der Waals surface area contributed by atoms with Crippen LogP contribution in [-0.4, -0.2) is 11.8 Å². The average Bonchev–Trinajstić information content (AvgIpc) is 2.34. The van der Waals surface area contributed by atoms with E-state index in [1.54, 1.807) is 0 Å². The highest BCUT2D eigenvalue weighted by molar-refractivity contribution is 7.80. The molecule has 0 saturated carbocycles. The van der Waals surface area contributed by atoms with E-state index in [2.05, 4.69) is 12.6 Å². The van der Waals surface area contributed by atoms with Gasteiger partial charge in [0.2, 0.25) is 0 Å². The Kier molecular flexibility index (Phi) is 15.5. The maximum absolute atomic E-state index is 5.84. The summed E-state index contributed by atoms with van der Waals surface area (Å²) in [7, 11) is 0. The summed E-state index contributed by atoms with van der Waals surface area (Å²) in [5.41, 5.74) is 0. The molecule has 0 heterocycles. The largest absolute Gasteiger partial charge is 0.341 e. The predicted molar refractivity (Wildman–Crippen MR) is 97.4 cm³/mol. The molecular formula is C14H29Cl3SSi. The summed E-state index contributed by atoms with van der Waals surface area (Å²) < 4.78 is 0. The van der Waals surface area contributed by atoms with Crippen molar-refractivity contribution in [1.29, 1.82) is 0 Å². The predicted octanol–water partition coefficient (Wildman–Crippen LogP) is 7.25. The summed E-state index contributed by atoms with van der Waals surface area (Å²) in [6.45, 7) is 0. The second-order valence-electron chi connectivity index (χ2n) is 5.33. The molecule has 0 saturated heterocycles. The lowest BCUT2D eigenvalue weighted by Gasteiger charge is -2.06. The van der Waals surface area contributed by atoms with Crippen LogP contribution in [0.5, 0.6) is 0 Å². The molecule has 0 atom stereocenters. The Balaban J connectivity index is 2.99. The zero-order valence-electron chi connectivity index (χ0n) is 12.0. The molecule has 0 radical (unpaired) electrons. The van der Waals surface area contributed by atoms with Crippen LogP contribution < -0.4 is 0 Å². The Labute approximate surface area is 140 Å². The number of hydrogen-bond acceptors (Lipinski definition) is 1. The van der Waals surface area contributed by atoms with Crippen LogP contribution in [0.2, 0.25) is 6.04 Å². The summed E-state index contributed by atoms with van der Waals surface area (Å²) in [5, 5.41) is 0. The summed E-state index contributed by atoms with van der Waals surface area (Å²) >= 11 is 21.7. The first-order valence-electron chi connectivity index (χ1n) is 7.74. The minimum absolute atomic E-state index is 0.823. The second-order valence-corrected chi connectivity index (χ2v) is 15.1. The van der Waals surface area contributed by atoms with Crippen molar-refractivity contribution in [3.8, 4) is 0 Å². The fraction of sp³-hybridized carbons (Fsp3) is 1.00. The fourth-order valence-corrected chi connectivity index (χ4v) is 4.28. The first kappa shape index (κ1) is 20.4. The maximum Gasteiger partial charge on any atom is 0.341 e. The molecule has 0 fully saturated rings. The van der Waals surface area contributed by atoms with E-state index >= 15 is 0 Å². The molecule has 0 N–H and O–H groups in total. The third-order valence-corrected chi connectivity index (χ3v) is 6.31. The van der Waals surface area contributed by atoms with Gasteiger partial charge in [0, 0.05) is 0 Å². The lowest BCUT2D eigenvalue weighted by atomic mass is 10.1. The zero-order valence-corrected chi connectivity index (χ0v) is 16.1. The number of hydrogen-bond donors (Lipinski definition) is 1. The second kappa shape index (κ2) is 14.4. The van der Waals surface area contributed by atoms with E-state index < -0.39 is 6.00 Å². The van der Waals surface area contributed by atoms with E-state index in [4.69, 9.17) is 33.2 Å². The van der Waals surface area contributed by atoms with Crippen LogP contribution >= 0.6 is 45.9 Å². The van der Waals surface area contributed by atoms with Gasteiger partial charge in [0.25, 0.3) is 0 Å². The highest BCUT2D eigenvalue weighted by Gasteiger charge is 2.23. The highest BCUT2D eigenvalue weighted by atomic mass is 35.8. The molecule has 0 nitrogen and oxygen atoms in total. The van der Waals surface area contributed by atoms with Crippen LogP contribution in [0.25, 0.3) is 0 Å². The number of thiol groups is 1. The molecule has 0 aliphatic heterocycles. The fourth-order valence-electron chi connectivity index (χ4n) is 2.21. The van der Waals surface area contributed by atoms with Crippen LogP contribution in [0.3, 0.4) is 0 Å². The van der Waals surface area contributed by atoms with Crippen LogP contribution in [0.1, 0.15) is 77.0 Å². The molecule has 0 aromatic rings. The van der Waals surface area contributed by atoms with Crippen LogP contribution in [0.4, 0.5) is 0 Å². The van der Waals surface area contributed by atoms with Gasteiger partial charge < -0.3 is 0 Å². The van der Waals surface area contributed by atoms with E-state index in [0.717, 1.165) is 18.2 Å². The number of halogens is 3. The van der Waals surface area contributed by atoms with Crippen molar-refractivity contribution in [3.63, 3.8) is 0 Å². The van der Waals surface area contributed by atoms with Gasteiger partial charge in [-0.3, -0.25) is 0 Å². The van der Waals surface area contributed by atoms with E-state index in [9.17, 15) is 0 Å². The van der Waals surface area contributed by atoms with E-state index in [-0.39, 0.29) is 0 Å². The minimum Gasteiger partial charge on any atom is -0.179 e. The van der Waals surface area contributed by atoms with Crippen molar-refractivity contribution in [2.75, 3.05) is 5.75 Å². The van der Waals surface area contributed by atoms with Gasteiger partial charge in [0.15, 0.2) is 0 Å². The molecule has 5 heteroatoms. The summed E-state index contributed by atoms with van der Waals surface area (Å²) in [6, 6.07) is -1.52. The van der Waals surface area contributed by atoms with Crippen LogP contribution in [0, 0.1) is 0 Å². The molecule has 0 amide bonds. The molecule has 0 unspecified atom stereocenters. The quantitative estimate of drug-likeness (QED) is 0.143. The van der Waals surface area contributed by atoms with E-state index in [0.29, 0.717) is 0 Å². The van der Waals surface area contributed by atoms with Crippen molar-refractivity contribution in [1.82, 2.24) is 0 Å². The highest BCUT2D eigenvalue weighted by Crippen LogP contribution is 2.27. The molecule has 0 bridgehead atoms. The SMILES string of the molecule is SCCCCCCCCCCCCCC[Si](Cl)(Cl)Cl. The monoisotopic (exact) mass is 362 g/mol. The molecule has 0 spiro atoms. The first-order valence-corrected chi connectivity index (χ1v) is 13.6. The van der Waals surface area contributed by atoms with Crippen molar-refractivity contribution >= 4 is 51.9 Å². The van der Waals surface area contributed by atoms with Gasteiger partial charge in [0.1, 0.15) is 0 Å². The third-order valence-electron chi connectivity index (χ3n) is 3.37. The Morgan fingerprint density at radius 3 is 1.16 bits per heavy atom. The Morgan fingerprint density at radius 1 is 0.526 bits per heavy atom. The van der Waals surface area contributed by atoms with Crippen molar-refractivity contribution in [2.24, 2.45) is 0 Å². The van der Waals surface area contributed by atoms with Gasteiger partial charge in [-0.1, -0.05) is 70.6 Å². The Morgan fingerprint density at radius 2 is 0.842 bits per heavy atom. The lowest BCUT2D eigenvalue weighted by molar-refractivity contribution is 0.548. The molecule has 0 aliphatic rings. The molecule has 0 aromatic heterocycles. The molecule has 19 heavy (non-hydrogen) atoms. The molecule has 0 rings (SSSR count). The zero-order chi connectivity index (χ0) is 14.4. The Bertz CT molecular complexity index is 186. The molecule has 0 aromatic carbocycles. The topological polar surface area (TPSA) is 0 Å². The minimum atomic E-state index is -2.35. The summed E-state index contributed by atoms with van der Waals surface area (Å²) in [4.78, 5) is 0. The normalized spacial score (nSPS) is 12.0. The average molecular weight is 364 g/mol. The number of unbranched alkanes of at least 4 members (excludes halogenated alkanes) is 11. The van der Waals surface area contributed by atoms with Gasteiger partial charge in [-0.25, -0.2) is 0 Å². The molecule has 116 valence electrons. The van der Waals surface area contributed by atoms with Crippen molar-refractivity contribution in [2.45, 2.75) is 83.1 Å². The van der Waals surface area contributed by atoms with Crippen LogP contribution in [-0.2, 0) is 0 Å². The summed E-state index contributed by atoms with van der Waals surface area (Å²) in [5.74, 6) is 1.04. The Hall–Kier alpha value is 1.44. The van der Waals surface area contributed by atoms with Crippen molar-refractivity contribution < 1.29 is 0 Å². The van der Waals surface area contributed by atoms with E-state index in [1.807, 2.05) is 0 Å². The third kappa shape index (κ3) is 19.4. The number of rotatable bonds is 14. The van der Waals surface area contributed by atoms with Crippen LogP contribution in [0.15, 0.2) is 0 Å². The molecule has 0 aliphatic carbocycles. The standard InChI is InChI=1S/C14H29Cl3SSi/c15-19(16,17)14-12-10-8-6-4-2-1-3-5-7-9-11-13-18/h18H,1-14H2.